The second-order valence-electron chi connectivity index (χ2n) is 5.15. The summed E-state index contributed by atoms with van der Waals surface area (Å²) in [6.07, 6.45) is 0. The number of rotatable bonds is 4. The van der Waals surface area contributed by atoms with Crippen LogP contribution in [-0.2, 0) is 0 Å². The molecule has 1 unspecified atom stereocenters. The third kappa shape index (κ3) is 3.37. The summed E-state index contributed by atoms with van der Waals surface area (Å²) in [6, 6.07) is 9.63. The highest BCUT2D eigenvalue weighted by molar-refractivity contribution is 5.50. The molecule has 0 saturated carbocycles. The number of aryl methyl sites for hydroxylation is 2. The molecule has 0 aliphatic heterocycles. The quantitative estimate of drug-likeness (QED) is 0.664. The van der Waals surface area contributed by atoms with Gasteiger partial charge in [-0.1, -0.05) is 18.2 Å². The smallest absolute Gasteiger partial charge is 0.272 e. The highest BCUT2D eigenvalue weighted by atomic mass is 19.1. The summed E-state index contributed by atoms with van der Waals surface area (Å²) in [5.74, 6) is -0.339. The van der Waals surface area contributed by atoms with Gasteiger partial charge in [0.2, 0.25) is 0 Å². The Kier molecular flexibility index (Phi) is 4.21. The van der Waals surface area contributed by atoms with Crippen molar-refractivity contribution in [3.8, 4) is 0 Å². The fourth-order valence-corrected chi connectivity index (χ4v) is 2.16. The Balaban J connectivity index is 2.28. The van der Waals surface area contributed by atoms with Crippen LogP contribution >= 0.6 is 0 Å². The SMILES string of the molecule is Cc1ccc(F)c(NC(C)c2ccc(C)c([N+](=O)[O-])c2)c1. The molecule has 5 heteroatoms. The molecule has 21 heavy (non-hydrogen) atoms. The molecule has 110 valence electrons. The zero-order valence-electron chi connectivity index (χ0n) is 12.2. The minimum atomic E-state index is -0.404. The van der Waals surface area contributed by atoms with Gasteiger partial charge >= 0.3 is 0 Å². The summed E-state index contributed by atoms with van der Waals surface area (Å²) >= 11 is 0. The standard InChI is InChI=1S/C16H17FN2O2/c1-10-4-7-14(17)15(8-10)18-12(3)13-6-5-11(2)16(9-13)19(20)21/h4-9,12,18H,1-3H3. The van der Waals surface area contributed by atoms with Crippen molar-refractivity contribution in [1.82, 2.24) is 0 Å². The maximum atomic E-state index is 13.7. The van der Waals surface area contributed by atoms with Crippen LogP contribution in [0.4, 0.5) is 15.8 Å². The molecule has 0 heterocycles. The first-order valence-corrected chi connectivity index (χ1v) is 6.66. The highest BCUT2D eigenvalue weighted by Crippen LogP contribution is 2.26. The third-order valence-corrected chi connectivity index (χ3v) is 3.42. The van der Waals surface area contributed by atoms with Crippen molar-refractivity contribution >= 4 is 11.4 Å². The molecule has 0 bridgehead atoms. The molecule has 2 aromatic rings. The largest absolute Gasteiger partial charge is 0.376 e. The van der Waals surface area contributed by atoms with E-state index in [0.717, 1.165) is 11.1 Å². The number of hydrogen-bond donors (Lipinski definition) is 1. The van der Waals surface area contributed by atoms with Crippen molar-refractivity contribution in [1.29, 1.82) is 0 Å². The van der Waals surface area contributed by atoms with Crippen molar-refractivity contribution < 1.29 is 9.31 Å². The van der Waals surface area contributed by atoms with Crippen LogP contribution in [-0.4, -0.2) is 4.92 Å². The van der Waals surface area contributed by atoms with E-state index in [4.69, 9.17) is 0 Å². The predicted octanol–water partition coefficient (Wildman–Crippen LogP) is 4.52. The molecule has 4 nitrogen and oxygen atoms in total. The summed E-state index contributed by atoms with van der Waals surface area (Å²) in [4.78, 5) is 10.6. The number of halogens is 1. The molecule has 0 fully saturated rings. The van der Waals surface area contributed by atoms with Crippen LogP contribution < -0.4 is 5.32 Å². The minimum absolute atomic E-state index is 0.0749. The molecule has 0 aromatic heterocycles. The number of nitro benzene ring substituents is 1. The normalized spacial score (nSPS) is 12.0. The van der Waals surface area contributed by atoms with Crippen molar-refractivity contribution in [2.45, 2.75) is 26.8 Å². The Morgan fingerprint density at radius 2 is 1.90 bits per heavy atom. The van der Waals surface area contributed by atoms with Crippen LogP contribution in [0.2, 0.25) is 0 Å². The van der Waals surface area contributed by atoms with E-state index in [1.165, 1.54) is 12.1 Å². The third-order valence-electron chi connectivity index (χ3n) is 3.42. The van der Waals surface area contributed by atoms with Crippen LogP contribution in [0.15, 0.2) is 36.4 Å². The Hall–Kier alpha value is -2.43. The van der Waals surface area contributed by atoms with E-state index < -0.39 is 4.92 Å². The first kappa shape index (κ1) is 15.0. The lowest BCUT2D eigenvalue weighted by molar-refractivity contribution is -0.385. The lowest BCUT2D eigenvalue weighted by Gasteiger charge is -2.17. The Morgan fingerprint density at radius 3 is 2.57 bits per heavy atom. The second kappa shape index (κ2) is 5.91. The molecule has 2 aromatic carbocycles. The van der Waals surface area contributed by atoms with E-state index >= 15 is 0 Å². The first-order valence-electron chi connectivity index (χ1n) is 6.66. The number of anilines is 1. The van der Waals surface area contributed by atoms with Crippen LogP contribution in [0.25, 0.3) is 0 Å². The molecule has 2 rings (SSSR count). The van der Waals surface area contributed by atoms with E-state index in [-0.39, 0.29) is 17.5 Å². The zero-order chi connectivity index (χ0) is 15.6. The summed E-state index contributed by atoms with van der Waals surface area (Å²) in [5.41, 5.74) is 2.77. The number of nitro groups is 1. The summed E-state index contributed by atoms with van der Waals surface area (Å²) in [6.45, 7) is 5.42. The predicted molar refractivity (Wildman–Crippen MR) is 81.0 cm³/mol. The lowest BCUT2D eigenvalue weighted by atomic mass is 10.0. The lowest BCUT2D eigenvalue weighted by Crippen LogP contribution is -2.09. The zero-order valence-corrected chi connectivity index (χ0v) is 12.2. The second-order valence-corrected chi connectivity index (χ2v) is 5.15. The fourth-order valence-electron chi connectivity index (χ4n) is 2.16. The monoisotopic (exact) mass is 288 g/mol. The molecule has 1 atom stereocenters. The molecule has 0 amide bonds. The van der Waals surface area contributed by atoms with E-state index in [2.05, 4.69) is 5.32 Å². The van der Waals surface area contributed by atoms with Gasteiger partial charge in [-0.2, -0.15) is 0 Å². The average Bonchev–Trinajstić information content (AvgIpc) is 2.43. The maximum Gasteiger partial charge on any atom is 0.272 e. The van der Waals surface area contributed by atoms with Gasteiger partial charge in [0.15, 0.2) is 0 Å². The topological polar surface area (TPSA) is 55.2 Å². The van der Waals surface area contributed by atoms with E-state index in [1.54, 1.807) is 25.1 Å². The average molecular weight is 288 g/mol. The van der Waals surface area contributed by atoms with Gasteiger partial charge in [-0.3, -0.25) is 10.1 Å². The summed E-state index contributed by atoms with van der Waals surface area (Å²) in [5, 5.41) is 14.0. The van der Waals surface area contributed by atoms with Crippen molar-refractivity contribution in [2.75, 3.05) is 5.32 Å². The van der Waals surface area contributed by atoms with Crippen LogP contribution in [0.5, 0.6) is 0 Å². The van der Waals surface area contributed by atoms with Crippen LogP contribution in [0, 0.1) is 29.8 Å². The van der Waals surface area contributed by atoms with Gasteiger partial charge in [0.05, 0.1) is 10.6 Å². The van der Waals surface area contributed by atoms with E-state index in [1.807, 2.05) is 19.9 Å². The maximum absolute atomic E-state index is 13.7. The van der Waals surface area contributed by atoms with Gasteiger partial charge in [0.25, 0.3) is 5.69 Å². The molecule has 0 radical (unpaired) electrons. The van der Waals surface area contributed by atoms with Gasteiger partial charge in [-0.05, 0) is 44.0 Å². The fraction of sp³-hybridized carbons (Fsp3) is 0.250. The Bertz CT molecular complexity index is 686. The van der Waals surface area contributed by atoms with E-state index in [0.29, 0.717) is 11.3 Å². The van der Waals surface area contributed by atoms with E-state index in [9.17, 15) is 14.5 Å². The molecule has 1 N–H and O–H groups in total. The van der Waals surface area contributed by atoms with Gasteiger partial charge < -0.3 is 5.32 Å². The van der Waals surface area contributed by atoms with Crippen LogP contribution in [0.3, 0.4) is 0 Å². The molecule has 0 saturated heterocycles. The van der Waals surface area contributed by atoms with Crippen molar-refractivity contribution in [3.05, 3.63) is 69.0 Å². The van der Waals surface area contributed by atoms with Crippen molar-refractivity contribution in [3.63, 3.8) is 0 Å². The molecule has 0 spiro atoms. The number of hydrogen-bond acceptors (Lipinski definition) is 3. The highest BCUT2D eigenvalue weighted by Gasteiger charge is 2.15. The Labute approximate surface area is 122 Å². The van der Waals surface area contributed by atoms with Gasteiger partial charge in [0, 0.05) is 17.7 Å². The number of nitrogens with zero attached hydrogens (tertiary/aromatic N) is 1. The minimum Gasteiger partial charge on any atom is -0.376 e. The molecule has 0 aliphatic carbocycles. The molecule has 0 aliphatic rings. The van der Waals surface area contributed by atoms with Crippen molar-refractivity contribution in [2.24, 2.45) is 0 Å². The first-order chi connectivity index (χ1) is 9.88. The summed E-state index contributed by atoms with van der Waals surface area (Å²) < 4.78 is 13.7. The number of nitrogens with one attached hydrogen (secondary N) is 1. The van der Waals surface area contributed by atoms with Crippen LogP contribution in [0.1, 0.15) is 29.7 Å². The van der Waals surface area contributed by atoms with Gasteiger partial charge in [0.1, 0.15) is 5.82 Å². The Morgan fingerprint density at radius 1 is 1.19 bits per heavy atom. The number of benzene rings is 2. The van der Waals surface area contributed by atoms with Gasteiger partial charge in [-0.25, -0.2) is 4.39 Å². The van der Waals surface area contributed by atoms with Gasteiger partial charge in [-0.15, -0.1) is 0 Å². The molecular weight excluding hydrogens is 271 g/mol. The summed E-state index contributed by atoms with van der Waals surface area (Å²) in [7, 11) is 0. The molecular formula is C16H17FN2O2.